The molecule has 27 heavy (non-hydrogen) atoms. The van der Waals surface area contributed by atoms with Crippen molar-refractivity contribution in [1.82, 2.24) is 0 Å². The molecule has 0 atom stereocenters. The van der Waals surface area contributed by atoms with Gasteiger partial charge in [-0.3, -0.25) is 4.79 Å². The number of benzene rings is 1. The van der Waals surface area contributed by atoms with Crippen LogP contribution in [0.15, 0.2) is 12.1 Å². The fourth-order valence-electron chi connectivity index (χ4n) is 3.30. The number of hydrogen-bond acceptors (Lipinski definition) is 1. The smallest absolute Gasteiger partial charge is 0.224 e. The molecular weight excluding hydrogens is 344 g/mol. The number of anilines is 1. The second kappa shape index (κ2) is 14.6. The Balaban J connectivity index is 1.98. The number of halogens is 2. The summed E-state index contributed by atoms with van der Waals surface area (Å²) in [6, 6.07) is 2.46. The monoisotopic (exact) mass is 381 g/mol. The summed E-state index contributed by atoms with van der Waals surface area (Å²) in [4.78, 5) is 11.9. The van der Waals surface area contributed by atoms with E-state index in [0.717, 1.165) is 25.3 Å². The van der Waals surface area contributed by atoms with Crippen molar-refractivity contribution in [3.8, 4) is 0 Å². The van der Waals surface area contributed by atoms with Crippen molar-refractivity contribution in [2.75, 3.05) is 5.32 Å². The van der Waals surface area contributed by atoms with Crippen LogP contribution in [-0.2, 0) is 4.79 Å². The second-order valence-corrected chi connectivity index (χ2v) is 7.57. The SMILES string of the molecule is CCCCCCCCCCCCCCCC(=O)Nc1ccc(F)c(F)c1C. The summed E-state index contributed by atoms with van der Waals surface area (Å²) in [5, 5.41) is 2.68. The Bertz CT molecular complexity index is 545. The first-order valence-corrected chi connectivity index (χ1v) is 10.8. The highest BCUT2D eigenvalue weighted by Gasteiger charge is 2.11. The largest absolute Gasteiger partial charge is 0.326 e. The van der Waals surface area contributed by atoms with Gasteiger partial charge in [-0.2, -0.15) is 0 Å². The van der Waals surface area contributed by atoms with Crippen LogP contribution in [0.1, 0.15) is 102 Å². The van der Waals surface area contributed by atoms with E-state index in [-0.39, 0.29) is 11.5 Å². The highest BCUT2D eigenvalue weighted by atomic mass is 19.2. The summed E-state index contributed by atoms with van der Waals surface area (Å²) in [7, 11) is 0. The molecule has 0 aliphatic rings. The van der Waals surface area contributed by atoms with Crippen LogP contribution in [0.3, 0.4) is 0 Å². The zero-order chi connectivity index (χ0) is 19.9. The molecule has 0 aliphatic carbocycles. The highest BCUT2D eigenvalue weighted by Crippen LogP contribution is 2.21. The van der Waals surface area contributed by atoms with Crippen LogP contribution < -0.4 is 5.32 Å². The van der Waals surface area contributed by atoms with Crippen molar-refractivity contribution in [3.63, 3.8) is 0 Å². The zero-order valence-corrected chi connectivity index (χ0v) is 17.2. The van der Waals surface area contributed by atoms with Gasteiger partial charge >= 0.3 is 0 Å². The second-order valence-electron chi connectivity index (χ2n) is 7.57. The van der Waals surface area contributed by atoms with Gasteiger partial charge in [-0.1, -0.05) is 84.0 Å². The Morgan fingerprint density at radius 2 is 1.30 bits per heavy atom. The average Bonchev–Trinajstić information content (AvgIpc) is 2.66. The lowest BCUT2D eigenvalue weighted by molar-refractivity contribution is -0.116. The molecule has 0 spiro atoms. The number of carbonyl (C=O) groups is 1. The van der Waals surface area contributed by atoms with Gasteiger partial charge in [-0.25, -0.2) is 8.78 Å². The van der Waals surface area contributed by atoms with E-state index in [0.29, 0.717) is 12.1 Å². The van der Waals surface area contributed by atoms with Crippen molar-refractivity contribution in [1.29, 1.82) is 0 Å². The van der Waals surface area contributed by atoms with Gasteiger partial charge in [0.25, 0.3) is 0 Å². The molecule has 0 unspecified atom stereocenters. The van der Waals surface area contributed by atoms with E-state index in [1.54, 1.807) is 0 Å². The molecule has 1 amide bonds. The summed E-state index contributed by atoms with van der Waals surface area (Å²) in [6.45, 7) is 3.72. The molecule has 2 nitrogen and oxygen atoms in total. The van der Waals surface area contributed by atoms with E-state index < -0.39 is 11.6 Å². The Morgan fingerprint density at radius 3 is 1.81 bits per heavy atom. The number of hydrogen-bond donors (Lipinski definition) is 1. The van der Waals surface area contributed by atoms with Crippen molar-refractivity contribution < 1.29 is 13.6 Å². The van der Waals surface area contributed by atoms with E-state index in [2.05, 4.69) is 12.2 Å². The van der Waals surface area contributed by atoms with Gasteiger partial charge in [0.1, 0.15) is 0 Å². The van der Waals surface area contributed by atoms with Crippen LogP contribution >= 0.6 is 0 Å². The van der Waals surface area contributed by atoms with Crippen molar-refractivity contribution in [2.45, 2.75) is 104 Å². The Kier molecular flexibility index (Phi) is 12.7. The summed E-state index contributed by atoms with van der Waals surface area (Å²) in [6.07, 6.45) is 16.9. The molecule has 0 aromatic heterocycles. The van der Waals surface area contributed by atoms with Crippen molar-refractivity contribution >= 4 is 11.6 Å². The van der Waals surface area contributed by atoms with Gasteiger partial charge in [-0.15, -0.1) is 0 Å². The average molecular weight is 382 g/mol. The quantitative estimate of drug-likeness (QED) is 0.310. The number of amides is 1. The molecule has 1 N–H and O–H groups in total. The van der Waals surface area contributed by atoms with E-state index >= 15 is 0 Å². The highest BCUT2D eigenvalue weighted by molar-refractivity contribution is 5.91. The van der Waals surface area contributed by atoms with Crippen molar-refractivity contribution in [3.05, 3.63) is 29.3 Å². The Hall–Kier alpha value is -1.45. The van der Waals surface area contributed by atoms with Gasteiger partial charge in [-0.05, 0) is 25.5 Å². The maximum Gasteiger partial charge on any atom is 0.224 e. The third-order valence-electron chi connectivity index (χ3n) is 5.12. The van der Waals surface area contributed by atoms with Crippen LogP contribution in [0.5, 0.6) is 0 Å². The van der Waals surface area contributed by atoms with Crippen LogP contribution in [0.2, 0.25) is 0 Å². The van der Waals surface area contributed by atoms with Crippen molar-refractivity contribution in [2.24, 2.45) is 0 Å². The summed E-state index contributed by atoms with van der Waals surface area (Å²) in [5.41, 5.74) is 0.502. The molecule has 4 heteroatoms. The van der Waals surface area contributed by atoms with Crippen LogP contribution in [0, 0.1) is 18.6 Å². The van der Waals surface area contributed by atoms with Crippen LogP contribution in [0.4, 0.5) is 14.5 Å². The molecule has 1 aromatic carbocycles. The van der Waals surface area contributed by atoms with E-state index in [1.165, 1.54) is 77.2 Å². The fraction of sp³-hybridized carbons (Fsp3) is 0.696. The predicted octanol–water partition coefficient (Wildman–Crippen LogP) is 7.69. The molecule has 0 heterocycles. The van der Waals surface area contributed by atoms with E-state index in [4.69, 9.17) is 0 Å². The van der Waals surface area contributed by atoms with Gasteiger partial charge in [0.05, 0.1) is 0 Å². The molecule has 1 rings (SSSR count). The molecular formula is C23H37F2NO. The first-order chi connectivity index (χ1) is 13.1. The minimum Gasteiger partial charge on any atom is -0.326 e. The molecule has 1 aromatic rings. The van der Waals surface area contributed by atoms with Gasteiger partial charge in [0, 0.05) is 17.7 Å². The standard InChI is InChI=1S/C23H37F2NO/c1-3-4-5-6-7-8-9-10-11-12-13-14-15-16-22(27)26-21-18-17-20(24)23(25)19(21)2/h17-18H,3-16H2,1-2H3,(H,26,27). The number of rotatable bonds is 15. The predicted molar refractivity (Wildman–Crippen MR) is 110 cm³/mol. The van der Waals surface area contributed by atoms with E-state index in [9.17, 15) is 13.6 Å². The summed E-state index contributed by atoms with van der Waals surface area (Å²) < 4.78 is 26.6. The third kappa shape index (κ3) is 10.5. The summed E-state index contributed by atoms with van der Waals surface area (Å²) >= 11 is 0. The topological polar surface area (TPSA) is 29.1 Å². The molecule has 0 saturated carbocycles. The van der Waals surface area contributed by atoms with Gasteiger partial charge in [0.15, 0.2) is 11.6 Å². The molecule has 0 fully saturated rings. The number of carbonyl (C=O) groups excluding carboxylic acids is 1. The Labute approximate surface area is 164 Å². The lowest BCUT2D eigenvalue weighted by atomic mass is 10.0. The van der Waals surface area contributed by atoms with Gasteiger partial charge < -0.3 is 5.32 Å². The molecule has 154 valence electrons. The molecule has 0 bridgehead atoms. The lowest BCUT2D eigenvalue weighted by Gasteiger charge is -2.09. The molecule has 0 aliphatic heterocycles. The lowest BCUT2D eigenvalue weighted by Crippen LogP contribution is -2.12. The zero-order valence-electron chi connectivity index (χ0n) is 17.2. The normalized spacial score (nSPS) is 11.0. The Morgan fingerprint density at radius 1 is 0.815 bits per heavy atom. The van der Waals surface area contributed by atoms with Crippen LogP contribution in [-0.4, -0.2) is 5.91 Å². The molecule has 0 saturated heterocycles. The molecule has 0 radical (unpaired) electrons. The maximum atomic E-state index is 13.5. The van der Waals surface area contributed by atoms with Crippen LogP contribution in [0.25, 0.3) is 0 Å². The first kappa shape index (κ1) is 23.6. The number of nitrogens with one attached hydrogen (secondary N) is 1. The maximum absolute atomic E-state index is 13.5. The summed E-state index contributed by atoms with van der Waals surface area (Å²) in [5.74, 6) is -1.91. The first-order valence-electron chi connectivity index (χ1n) is 10.8. The minimum atomic E-state index is -0.895. The minimum absolute atomic E-state index is 0.132. The third-order valence-corrected chi connectivity index (χ3v) is 5.12. The number of unbranched alkanes of at least 4 members (excludes halogenated alkanes) is 12. The van der Waals surface area contributed by atoms with Gasteiger partial charge in [0.2, 0.25) is 5.91 Å². The van der Waals surface area contributed by atoms with E-state index in [1.807, 2.05) is 0 Å². The fourth-order valence-corrected chi connectivity index (χ4v) is 3.30.